The average molecular weight is 394 g/mol. The Morgan fingerprint density at radius 3 is 2.48 bits per heavy atom. The SMILES string of the molecule is Cc1ccc(-c2cc(-c3cccc([N+](=O)[O-])c3)c(C#N)c(Br)n2)cc1. The molecule has 25 heavy (non-hydrogen) atoms. The molecule has 1 heterocycles. The largest absolute Gasteiger partial charge is 0.270 e. The van der Waals surface area contributed by atoms with E-state index >= 15 is 0 Å². The molecule has 0 radical (unpaired) electrons. The molecule has 0 bridgehead atoms. The first-order valence-electron chi connectivity index (χ1n) is 7.42. The minimum Gasteiger partial charge on any atom is -0.258 e. The number of pyridine rings is 1. The van der Waals surface area contributed by atoms with Crippen LogP contribution in [0, 0.1) is 28.4 Å². The molecule has 0 saturated heterocycles. The average Bonchev–Trinajstić information content (AvgIpc) is 2.61. The highest BCUT2D eigenvalue weighted by molar-refractivity contribution is 9.10. The lowest BCUT2D eigenvalue weighted by Gasteiger charge is -2.10. The highest BCUT2D eigenvalue weighted by atomic mass is 79.9. The number of non-ortho nitro benzene ring substituents is 1. The summed E-state index contributed by atoms with van der Waals surface area (Å²) in [5.74, 6) is 0. The van der Waals surface area contributed by atoms with Gasteiger partial charge in [0.25, 0.3) is 5.69 Å². The van der Waals surface area contributed by atoms with Crippen molar-refractivity contribution in [3.8, 4) is 28.5 Å². The number of benzene rings is 2. The molecule has 6 heteroatoms. The zero-order chi connectivity index (χ0) is 18.0. The van der Waals surface area contributed by atoms with Crippen molar-refractivity contribution >= 4 is 21.6 Å². The van der Waals surface area contributed by atoms with Gasteiger partial charge in [-0.25, -0.2) is 4.98 Å². The molecule has 2 aromatic carbocycles. The standard InChI is InChI=1S/C19H12BrN3O2/c1-12-5-7-13(8-6-12)18-10-16(17(11-21)19(20)22-18)14-3-2-4-15(9-14)23(24)25/h2-10H,1H3. The molecule has 0 N–H and O–H groups in total. The summed E-state index contributed by atoms with van der Waals surface area (Å²) in [6.45, 7) is 2.00. The summed E-state index contributed by atoms with van der Waals surface area (Å²) in [7, 11) is 0. The van der Waals surface area contributed by atoms with E-state index in [0.29, 0.717) is 27.0 Å². The van der Waals surface area contributed by atoms with Crippen molar-refractivity contribution < 1.29 is 4.92 Å². The van der Waals surface area contributed by atoms with Crippen molar-refractivity contribution in [2.24, 2.45) is 0 Å². The Labute approximate surface area is 152 Å². The fourth-order valence-corrected chi connectivity index (χ4v) is 3.00. The van der Waals surface area contributed by atoms with E-state index in [1.807, 2.05) is 31.2 Å². The molecule has 0 spiro atoms. The molecule has 0 atom stereocenters. The quantitative estimate of drug-likeness (QED) is 0.345. The van der Waals surface area contributed by atoms with Gasteiger partial charge in [-0.3, -0.25) is 10.1 Å². The number of rotatable bonds is 3. The summed E-state index contributed by atoms with van der Waals surface area (Å²) >= 11 is 3.35. The Balaban J connectivity index is 2.21. The smallest absolute Gasteiger partial charge is 0.258 e. The monoisotopic (exact) mass is 393 g/mol. The highest BCUT2D eigenvalue weighted by Gasteiger charge is 2.16. The molecule has 5 nitrogen and oxygen atoms in total. The third kappa shape index (κ3) is 3.42. The van der Waals surface area contributed by atoms with Gasteiger partial charge >= 0.3 is 0 Å². The number of nitro benzene ring substituents is 1. The molecule has 0 aliphatic rings. The number of nitrogens with zero attached hydrogens (tertiary/aromatic N) is 3. The van der Waals surface area contributed by atoms with E-state index < -0.39 is 4.92 Å². The number of halogens is 1. The van der Waals surface area contributed by atoms with Crippen LogP contribution in [0.1, 0.15) is 11.1 Å². The number of hydrogen-bond acceptors (Lipinski definition) is 4. The van der Waals surface area contributed by atoms with E-state index in [0.717, 1.165) is 11.1 Å². The minimum atomic E-state index is -0.452. The fourth-order valence-electron chi connectivity index (χ4n) is 2.51. The molecular weight excluding hydrogens is 382 g/mol. The van der Waals surface area contributed by atoms with Gasteiger partial charge in [-0.2, -0.15) is 5.26 Å². The van der Waals surface area contributed by atoms with Crippen LogP contribution in [0.5, 0.6) is 0 Å². The van der Waals surface area contributed by atoms with Crippen LogP contribution in [0.4, 0.5) is 5.69 Å². The summed E-state index contributed by atoms with van der Waals surface area (Å²) < 4.78 is 0.412. The molecular formula is C19H12BrN3O2. The van der Waals surface area contributed by atoms with Gasteiger partial charge in [0.05, 0.1) is 16.2 Å². The second kappa shape index (κ2) is 6.83. The zero-order valence-electron chi connectivity index (χ0n) is 13.2. The van der Waals surface area contributed by atoms with Gasteiger partial charge in [-0.1, -0.05) is 42.0 Å². The molecule has 0 aliphatic heterocycles. The van der Waals surface area contributed by atoms with Crippen molar-refractivity contribution in [1.29, 1.82) is 5.26 Å². The van der Waals surface area contributed by atoms with E-state index in [1.54, 1.807) is 18.2 Å². The Morgan fingerprint density at radius 2 is 1.84 bits per heavy atom. The first kappa shape index (κ1) is 16.8. The van der Waals surface area contributed by atoms with Gasteiger partial charge in [-0.05, 0) is 34.5 Å². The van der Waals surface area contributed by atoms with E-state index in [4.69, 9.17) is 0 Å². The maximum absolute atomic E-state index is 11.0. The Morgan fingerprint density at radius 1 is 1.12 bits per heavy atom. The molecule has 0 saturated carbocycles. The van der Waals surface area contributed by atoms with Crippen LogP contribution in [-0.4, -0.2) is 9.91 Å². The van der Waals surface area contributed by atoms with E-state index in [9.17, 15) is 15.4 Å². The molecule has 0 amide bonds. The second-order valence-electron chi connectivity index (χ2n) is 5.51. The number of nitriles is 1. The molecule has 122 valence electrons. The Hall–Kier alpha value is -3.04. The van der Waals surface area contributed by atoms with Crippen LogP contribution in [0.2, 0.25) is 0 Å². The van der Waals surface area contributed by atoms with Gasteiger partial charge in [-0.15, -0.1) is 0 Å². The lowest BCUT2D eigenvalue weighted by Crippen LogP contribution is -1.94. The summed E-state index contributed by atoms with van der Waals surface area (Å²) in [5.41, 5.74) is 4.25. The normalized spacial score (nSPS) is 10.3. The number of hydrogen-bond donors (Lipinski definition) is 0. The lowest BCUT2D eigenvalue weighted by atomic mass is 9.98. The third-order valence-corrected chi connectivity index (χ3v) is 4.38. The van der Waals surface area contributed by atoms with Crippen LogP contribution in [0.15, 0.2) is 59.2 Å². The van der Waals surface area contributed by atoms with Crippen molar-refractivity contribution in [3.05, 3.63) is 80.4 Å². The number of aromatic nitrogens is 1. The van der Waals surface area contributed by atoms with Gasteiger partial charge < -0.3 is 0 Å². The van der Waals surface area contributed by atoms with E-state index in [-0.39, 0.29) is 5.69 Å². The van der Waals surface area contributed by atoms with Crippen LogP contribution in [0.3, 0.4) is 0 Å². The number of aryl methyl sites for hydroxylation is 1. The van der Waals surface area contributed by atoms with Gasteiger partial charge in [0, 0.05) is 23.3 Å². The Kier molecular flexibility index (Phi) is 4.59. The first-order chi connectivity index (χ1) is 12.0. The predicted octanol–water partition coefficient (Wildman–Crippen LogP) is 5.27. The molecule has 0 fully saturated rings. The maximum Gasteiger partial charge on any atom is 0.270 e. The highest BCUT2D eigenvalue weighted by Crippen LogP contribution is 2.33. The van der Waals surface area contributed by atoms with E-state index in [1.165, 1.54) is 12.1 Å². The topological polar surface area (TPSA) is 79.8 Å². The van der Waals surface area contributed by atoms with Crippen molar-refractivity contribution in [2.75, 3.05) is 0 Å². The van der Waals surface area contributed by atoms with Gasteiger partial charge in [0.2, 0.25) is 0 Å². The van der Waals surface area contributed by atoms with Crippen LogP contribution < -0.4 is 0 Å². The molecule has 0 aliphatic carbocycles. The zero-order valence-corrected chi connectivity index (χ0v) is 14.8. The fraction of sp³-hybridized carbons (Fsp3) is 0.0526. The number of nitro groups is 1. The maximum atomic E-state index is 11.0. The van der Waals surface area contributed by atoms with Gasteiger partial charge in [0.15, 0.2) is 0 Å². The van der Waals surface area contributed by atoms with Crippen LogP contribution >= 0.6 is 15.9 Å². The predicted molar refractivity (Wildman–Crippen MR) is 98.9 cm³/mol. The molecule has 0 unspecified atom stereocenters. The van der Waals surface area contributed by atoms with Crippen LogP contribution in [-0.2, 0) is 0 Å². The lowest BCUT2D eigenvalue weighted by molar-refractivity contribution is -0.384. The Bertz CT molecular complexity index is 1010. The summed E-state index contributed by atoms with van der Waals surface area (Å²) in [5, 5.41) is 20.5. The second-order valence-corrected chi connectivity index (χ2v) is 6.26. The van der Waals surface area contributed by atoms with Crippen LogP contribution in [0.25, 0.3) is 22.4 Å². The van der Waals surface area contributed by atoms with E-state index in [2.05, 4.69) is 27.0 Å². The minimum absolute atomic E-state index is 0.0220. The summed E-state index contributed by atoms with van der Waals surface area (Å²) in [6.07, 6.45) is 0. The molecule has 3 aromatic rings. The first-order valence-corrected chi connectivity index (χ1v) is 8.21. The molecule has 1 aromatic heterocycles. The van der Waals surface area contributed by atoms with Crippen molar-refractivity contribution in [3.63, 3.8) is 0 Å². The van der Waals surface area contributed by atoms with Crippen molar-refractivity contribution in [2.45, 2.75) is 6.92 Å². The van der Waals surface area contributed by atoms with Gasteiger partial charge in [0.1, 0.15) is 10.7 Å². The molecule has 3 rings (SSSR count). The summed E-state index contributed by atoms with van der Waals surface area (Å²) in [6, 6.07) is 18.0. The van der Waals surface area contributed by atoms with Crippen molar-refractivity contribution in [1.82, 2.24) is 4.98 Å². The summed E-state index contributed by atoms with van der Waals surface area (Å²) in [4.78, 5) is 15.0. The third-order valence-electron chi connectivity index (χ3n) is 3.80.